The number of carbonyl (C=O) groups excluding carboxylic acids is 1. The summed E-state index contributed by atoms with van der Waals surface area (Å²) in [5, 5.41) is 5.61. The number of rotatable bonds is 7. The number of halogens is 2. The van der Waals surface area contributed by atoms with Crippen molar-refractivity contribution in [3.63, 3.8) is 0 Å². The minimum Gasteiger partial charge on any atom is -0.441 e. The van der Waals surface area contributed by atoms with Gasteiger partial charge >= 0.3 is 0 Å². The van der Waals surface area contributed by atoms with E-state index >= 15 is 0 Å². The SMILES string of the molecule is O=C(CCc1ncc(-c2c(F)cccc2F)o1)NCc1csc(-c2ccccc2)n1. The van der Waals surface area contributed by atoms with E-state index in [9.17, 15) is 13.6 Å². The first-order valence-electron chi connectivity index (χ1n) is 9.26. The van der Waals surface area contributed by atoms with E-state index in [1.165, 1.54) is 23.6 Å². The number of nitrogens with zero attached hydrogens (tertiary/aromatic N) is 2. The lowest BCUT2D eigenvalue weighted by molar-refractivity contribution is -0.121. The molecule has 5 nitrogen and oxygen atoms in total. The van der Waals surface area contributed by atoms with Gasteiger partial charge in [0.1, 0.15) is 16.6 Å². The Kier molecular flexibility index (Phi) is 5.94. The van der Waals surface area contributed by atoms with Crippen LogP contribution in [0.3, 0.4) is 0 Å². The van der Waals surface area contributed by atoms with Crippen molar-refractivity contribution < 1.29 is 18.0 Å². The van der Waals surface area contributed by atoms with Crippen molar-refractivity contribution >= 4 is 17.2 Å². The van der Waals surface area contributed by atoms with Crippen molar-refractivity contribution in [3.05, 3.63) is 83.3 Å². The van der Waals surface area contributed by atoms with Crippen molar-refractivity contribution in [1.82, 2.24) is 15.3 Å². The number of aryl methyl sites for hydroxylation is 1. The minimum atomic E-state index is -0.728. The summed E-state index contributed by atoms with van der Waals surface area (Å²) in [6.07, 6.45) is 1.61. The maximum atomic E-state index is 13.8. The molecule has 0 atom stereocenters. The highest BCUT2D eigenvalue weighted by Gasteiger charge is 2.16. The molecule has 0 aliphatic rings. The monoisotopic (exact) mass is 425 g/mol. The molecule has 0 saturated carbocycles. The van der Waals surface area contributed by atoms with Crippen LogP contribution in [0.5, 0.6) is 0 Å². The lowest BCUT2D eigenvalue weighted by Crippen LogP contribution is -2.23. The molecule has 0 fully saturated rings. The molecule has 4 aromatic rings. The Hall–Kier alpha value is -3.39. The third-order valence-electron chi connectivity index (χ3n) is 4.37. The van der Waals surface area contributed by atoms with Gasteiger partial charge in [0.2, 0.25) is 5.91 Å². The van der Waals surface area contributed by atoms with Crippen molar-refractivity contribution in [2.45, 2.75) is 19.4 Å². The summed E-state index contributed by atoms with van der Waals surface area (Å²) in [5.74, 6) is -1.41. The maximum absolute atomic E-state index is 13.8. The summed E-state index contributed by atoms with van der Waals surface area (Å²) in [6.45, 7) is 0.319. The molecule has 30 heavy (non-hydrogen) atoms. The van der Waals surface area contributed by atoms with Gasteiger partial charge in [-0.3, -0.25) is 4.79 Å². The molecule has 0 radical (unpaired) electrons. The van der Waals surface area contributed by atoms with Crippen LogP contribution in [0.4, 0.5) is 8.78 Å². The van der Waals surface area contributed by atoms with Gasteiger partial charge in [-0.15, -0.1) is 11.3 Å². The van der Waals surface area contributed by atoms with E-state index < -0.39 is 11.6 Å². The maximum Gasteiger partial charge on any atom is 0.220 e. The highest BCUT2D eigenvalue weighted by molar-refractivity contribution is 7.13. The zero-order valence-electron chi connectivity index (χ0n) is 15.8. The van der Waals surface area contributed by atoms with Crippen LogP contribution < -0.4 is 5.32 Å². The topological polar surface area (TPSA) is 68.0 Å². The second-order valence-electron chi connectivity index (χ2n) is 6.50. The number of benzene rings is 2. The molecule has 0 unspecified atom stereocenters. The predicted octanol–water partition coefficient (Wildman–Crippen LogP) is 4.99. The molecule has 1 N–H and O–H groups in total. The molecule has 152 valence electrons. The van der Waals surface area contributed by atoms with Gasteiger partial charge in [0.25, 0.3) is 0 Å². The molecule has 2 aromatic heterocycles. The van der Waals surface area contributed by atoms with E-state index in [0.717, 1.165) is 28.4 Å². The quantitative estimate of drug-likeness (QED) is 0.453. The summed E-state index contributed by atoms with van der Waals surface area (Å²) in [4.78, 5) is 20.7. The minimum absolute atomic E-state index is 0.00285. The van der Waals surface area contributed by atoms with Crippen LogP contribution in [-0.2, 0) is 17.8 Å². The van der Waals surface area contributed by atoms with Gasteiger partial charge in [-0.05, 0) is 12.1 Å². The van der Waals surface area contributed by atoms with Crippen LogP contribution in [0, 0.1) is 11.6 Å². The summed E-state index contributed by atoms with van der Waals surface area (Å²) in [5.41, 5.74) is 1.55. The molecule has 4 rings (SSSR count). The van der Waals surface area contributed by atoms with Crippen LogP contribution in [-0.4, -0.2) is 15.9 Å². The summed E-state index contributed by atoms with van der Waals surface area (Å²) < 4.78 is 33.1. The van der Waals surface area contributed by atoms with Crippen molar-refractivity contribution in [2.24, 2.45) is 0 Å². The molecule has 0 spiro atoms. The smallest absolute Gasteiger partial charge is 0.220 e. The Bertz CT molecular complexity index is 1140. The van der Waals surface area contributed by atoms with Gasteiger partial charge in [-0.25, -0.2) is 18.7 Å². The second-order valence-corrected chi connectivity index (χ2v) is 7.36. The molecule has 0 saturated heterocycles. The number of hydrogen-bond acceptors (Lipinski definition) is 5. The molecule has 0 aliphatic carbocycles. The van der Waals surface area contributed by atoms with E-state index in [1.807, 2.05) is 35.7 Å². The average molecular weight is 425 g/mol. The van der Waals surface area contributed by atoms with Crippen molar-refractivity contribution in [3.8, 4) is 21.9 Å². The number of hydrogen-bond donors (Lipinski definition) is 1. The van der Waals surface area contributed by atoms with Crippen molar-refractivity contribution in [1.29, 1.82) is 0 Å². The van der Waals surface area contributed by atoms with Gasteiger partial charge < -0.3 is 9.73 Å². The molecule has 2 heterocycles. The third-order valence-corrected chi connectivity index (χ3v) is 5.31. The molecular weight excluding hydrogens is 408 g/mol. The van der Waals surface area contributed by atoms with E-state index in [0.29, 0.717) is 6.54 Å². The van der Waals surface area contributed by atoms with Gasteiger partial charge in [0.15, 0.2) is 11.7 Å². The number of oxazole rings is 1. The zero-order chi connectivity index (χ0) is 20.9. The molecule has 0 bridgehead atoms. The van der Waals surface area contributed by atoms with E-state index in [4.69, 9.17) is 4.42 Å². The van der Waals surface area contributed by atoms with Gasteiger partial charge in [0.05, 0.1) is 24.0 Å². The molecule has 1 amide bonds. The van der Waals surface area contributed by atoms with E-state index in [2.05, 4.69) is 15.3 Å². The van der Waals surface area contributed by atoms with Gasteiger partial charge in [0, 0.05) is 23.8 Å². The van der Waals surface area contributed by atoms with Gasteiger partial charge in [-0.2, -0.15) is 0 Å². The fourth-order valence-corrected chi connectivity index (χ4v) is 3.70. The average Bonchev–Trinajstić information content (AvgIpc) is 3.41. The Morgan fingerprint density at radius 1 is 1.07 bits per heavy atom. The lowest BCUT2D eigenvalue weighted by atomic mass is 10.1. The summed E-state index contributed by atoms with van der Waals surface area (Å²) >= 11 is 1.52. The second kappa shape index (κ2) is 8.96. The van der Waals surface area contributed by atoms with Crippen LogP contribution in [0.1, 0.15) is 18.0 Å². The first-order chi connectivity index (χ1) is 14.6. The number of thiazole rings is 1. The fourth-order valence-electron chi connectivity index (χ4n) is 2.87. The molecule has 0 aliphatic heterocycles. The Morgan fingerprint density at radius 2 is 1.83 bits per heavy atom. The summed E-state index contributed by atoms with van der Waals surface area (Å²) in [7, 11) is 0. The predicted molar refractivity (Wildman–Crippen MR) is 110 cm³/mol. The summed E-state index contributed by atoms with van der Waals surface area (Å²) in [6, 6.07) is 13.4. The largest absolute Gasteiger partial charge is 0.441 e. The van der Waals surface area contributed by atoms with Crippen LogP contribution >= 0.6 is 11.3 Å². The number of nitrogens with one attached hydrogen (secondary N) is 1. The first-order valence-corrected chi connectivity index (χ1v) is 10.1. The van der Waals surface area contributed by atoms with E-state index in [-0.39, 0.29) is 36.0 Å². The Morgan fingerprint density at radius 3 is 2.60 bits per heavy atom. The highest BCUT2D eigenvalue weighted by Crippen LogP contribution is 2.27. The highest BCUT2D eigenvalue weighted by atomic mass is 32.1. The number of carbonyl (C=O) groups is 1. The van der Waals surface area contributed by atoms with Crippen LogP contribution in [0.15, 0.2) is 64.5 Å². The molecule has 2 aromatic carbocycles. The first kappa shape index (κ1) is 19.9. The standard InChI is InChI=1S/C22H17F2N3O2S/c23-16-7-4-8-17(24)21(16)18-12-26-20(29-18)10-9-19(28)25-11-15-13-30-22(27-15)14-5-2-1-3-6-14/h1-8,12-13H,9-11H2,(H,25,28). The lowest BCUT2D eigenvalue weighted by Gasteiger charge is -2.02. The third kappa shape index (κ3) is 4.60. The van der Waals surface area contributed by atoms with E-state index in [1.54, 1.807) is 0 Å². The zero-order valence-corrected chi connectivity index (χ0v) is 16.6. The Labute approximate surface area is 175 Å². The number of amides is 1. The Balaban J connectivity index is 1.30. The fraction of sp³-hybridized carbons (Fsp3) is 0.136. The van der Waals surface area contributed by atoms with Crippen molar-refractivity contribution in [2.75, 3.05) is 0 Å². The van der Waals surface area contributed by atoms with Crippen LogP contribution in [0.2, 0.25) is 0 Å². The normalized spacial score (nSPS) is 10.9. The molecule has 8 heteroatoms. The van der Waals surface area contributed by atoms with Crippen LogP contribution in [0.25, 0.3) is 21.9 Å². The molecular formula is C22H17F2N3O2S. The van der Waals surface area contributed by atoms with Gasteiger partial charge in [-0.1, -0.05) is 36.4 Å². The number of aromatic nitrogens is 2.